The summed E-state index contributed by atoms with van der Waals surface area (Å²) in [5, 5.41) is 3.28. The minimum Gasteiger partial charge on any atom is -0.307 e. The van der Waals surface area contributed by atoms with Gasteiger partial charge in [0.25, 0.3) is 0 Å². The third kappa shape index (κ3) is 2.92. The summed E-state index contributed by atoms with van der Waals surface area (Å²) >= 11 is 1.91. The molecule has 0 saturated carbocycles. The summed E-state index contributed by atoms with van der Waals surface area (Å²) in [7, 11) is 0. The van der Waals surface area contributed by atoms with E-state index in [4.69, 9.17) is 0 Å². The van der Waals surface area contributed by atoms with E-state index in [2.05, 4.69) is 29.1 Å². The Kier molecular flexibility index (Phi) is 3.59. The molecular weight excluding hydrogens is 206 g/mol. The normalized spacial score (nSPS) is 14.6. The minimum atomic E-state index is 0.742. The largest absolute Gasteiger partial charge is 0.307 e. The van der Waals surface area contributed by atoms with Crippen molar-refractivity contribution < 1.29 is 0 Å². The van der Waals surface area contributed by atoms with Gasteiger partial charge in [-0.25, -0.2) is 9.97 Å². The van der Waals surface area contributed by atoms with Gasteiger partial charge in [0.15, 0.2) is 0 Å². The van der Waals surface area contributed by atoms with Gasteiger partial charge in [0.2, 0.25) is 0 Å². The van der Waals surface area contributed by atoms with Crippen molar-refractivity contribution in [2.75, 3.05) is 5.75 Å². The first-order chi connectivity index (χ1) is 7.25. The van der Waals surface area contributed by atoms with Crippen molar-refractivity contribution in [2.24, 2.45) is 5.92 Å². The zero-order valence-electron chi connectivity index (χ0n) is 9.29. The van der Waals surface area contributed by atoms with Gasteiger partial charge in [-0.05, 0) is 11.7 Å². The molecule has 1 aromatic rings. The zero-order chi connectivity index (χ0) is 10.7. The Hall–Kier alpha value is -0.610. The molecule has 0 saturated heterocycles. The summed E-state index contributed by atoms with van der Waals surface area (Å²) in [5.41, 5.74) is 2.44. The van der Waals surface area contributed by atoms with Crippen LogP contribution in [-0.4, -0.2) is 15.7 Å². The number of nitrogens with zero attached hydrogens (tertiary/aromatic N) is 2. The average molecular weight is 223 g/mol. The maximum Gasteiger partial charge on any atom is 0.138 e. The van der Waals surface area contributed by atoms with Crippen LogP contribution in [0.4, 0.5) is 0 Å². The van der Waals surface area contributed by atoms with Crippen LogP contribution in [0.15, 0.2) is 6.20 Å². The molecular formula is C11H17N3S. The Balaban J connectivity index is 1.92. The first-order valence-corrected chi connectivity index (χ1v) is 6.53. The highest BCUT2D eigenvalue weighted by Gasteiger charge is 2.12. The summed E-state index contributed by atoms with van der Waals surface area (Å²) in [5.74, 6) is 3.83. The van der Waals surface area contributed by atoms with Gasteiger partial charge in [-0.3, -0.25) is 0 Å². The van der Waals surface area contributed by atoms with Crippen LogP contribution in [0, 0.1) is 5.92 Å². The van der Waals surface area contributed by atoms with E-state index in [0.29, 0.717) is 0 Å². The summed E-state index contributed by atoms with van der Waals surface area (Å²) in [6, 6.07) is 0. The van der Waals surface area contributed by atoms with Crippen molar-refractivity contribution in [1.29, 1.82) is 0 Å². The number of fused-ring (bicyclic) bond motifs is 1. The monoisotopic (exact) mass is 223 g/mol. The molecule has 15 heavy (non-hydrogen) atoms. The molecule has 0 fully saturated rings. The first kappa shape index (κ1) is 10.9. The van der Waals surface area contributed by atoms with Gasteiger partial charge in [-0.15, -0.1) is 0 Å². The molecule has 0 radical (unpaired) electrons. The number of rotatable bonds is 4. The van der Waals surface area contributed by atoms with Crippen molar-refractivity contribution in [3.63, 3.8) is 0 Å². The molecule has 3 nitrogen and oxygen atoms in total. The van der Waals surface area contributed by atoms with Gasteiger partial charge in [0.1, 0.15) is 5.82 Å². The Morgan fingerprint density at radius 1 is 1.47 bits per heavy atom. The molecule has 1 aromatic heterocycles. The SMILES string of the molecule is CC(C)CSCc1ncc2c(n1)CNC2. The maximum absolute atomic E-state index is 4.56. The van der Waals surface area contributed by atoms with Gasteiger partial charge >= 0.3 is 0 Å². The van der Waals surface area contributed by atoms with Crippen LogP contribution in [0.5, 0.6) is 0 Å². The summed E-state index contributed by atoms with van der Waals surface area (Å²) in [4.78, 5) is 8.93. The second kappa shape index (κ2) is 4.94. The Morgan fingerprint density at radius 3 is 3.13 bits per heavy atom. The lowest BCUT2D eigenvalue weighted by Gasteiger charge is -2.04. The van der Waals surface area contributed by atoms with Crippen LogP contribution in [-0.2, 0) is 18.8 Å². The van der Waals surface area contributed by atoms with Crippen LogP contribution < -0.4 is 5.32 Å². The highest BCUT2D eigenvalue weighted by Crippen LogP contribution is 2.16. The highest BCUT2D eigenvalue weighted by atomic mass is 32.2. The Bertz CT molecular complexity index is 339. The molecule has 0 atom stereocenters. The van der Waals surface area contributed by atoms with E-state index in [1.54, 1.807) is 0 Å². The fourth-order valence-corrected chi connectivity index (χ4v) is 2.47. The van der Waals surface area contributed by atoms with E-state index in [0.717, 1.165) is 30.6 Å². The molecule has 0 bridgehead atoms. The lowest BCUT2D eigenvalue weighted by atomic mass is 10.3. The lowest BCUT2D eigenvalue weighted by molar-refractivity contribution is 0.749. The van der Waals surface area contributed by atoms with E-state index < -0.39 is 0 Å². The molecule has 1 aliphatic heterocycles. The predicted octanol–water partition coefficient (Wildman–Crippen LogP) is 1.97. The van der Waals surface area contributed by atoms with E-state index in [9.17, 15) is 0 Å². The first-order valence-electron chi connectivity index (χ1n) is 5.38. The predicted molar refractivity (Wildman–Crippen MR) is 63.6 cm³/mol. The smallest absolute Gasteiger partial charge is 0.138 e. The van der Waals surface area contributed by atoms with Gasteiger partial charge in [-0.2, -0.15) is 11.8 Å². The standard InChI is InChI=1S/C11H17N3S/c1-8(2)6-15-7-11-13-4-9-3-12-5-10(9)14-11/h4,8,12H,3,5-7H2,1-2H3. The van der Waals surface area contributed by atoms with Crippen molar-refractivity contribution in [3.8, 4) is 0 Å². The second-order valence-electron chi connectivity index (χ2n) is 4.27. The number of nitrogens with one attached hydrogen (secondary N) is 1. The molecule has 0 spiro atoms. The average Bonchev–Trinajstić information content (AvgIpc) is 2.64. The molecule has 82 valence electrons. The fraction of sp³-hybridized carbons (Fsp3) is 0.636. The minimum absolute atomic E-state index is 0.742. The maximum atomic E-state index is 4.56. The van der Waals surface area contributed by atoms with Crippen LogP contribution in [0.2, 0.25) is 0 Å². The second-order valence-corrected chi connectivity index (χ2v) is 5.30. The van der Waals surface area contributed by atoms with E-state index in [1.165, 1.54) is 17.0 Å². The quantitative estimate of drug-likeness (QED) is 0.847. The van der Waals surface area contributed by atoms with Crippen LogP contribution in [0.3, 0.4) is 0 Å². The molecule has 2 heterocycles. The van der Waals surface area contributed by atoms with Crippen molar-refractivity contribution >= 4 is 11.8 Å². The highest BCUT2D eigenvalue weighted by molar-refractivity contribution is 7.98. The molecule has 4 heteroatoms. The van der Waals surface area contributed by atoms with Crippen molar-refractivity contribution in [3.05, 3.63) is 23.3 Å². The van der Waals surface area contributed by atoms with Crippen LogP contribution in [0.1, 0.15) is 30.9 Å². The number of hydrogen-bond acceptors (Lipinski definition) is 4. The Labute approximate surface area is 95.1 Å². The van der Waals surface area contributed by atoms with E-state index in [-0.39, 0.29) is 0 Å². The molecule has 0 unspecified atom stereocenters. The summed E-state index contributed by atoms with van der Waals surface area (Å²) in [6.07, 6.45) is 1.97. The fourth-order valence-electron chi connectivity index (χ4n) is 1.56. The molecule has 1 aliphatic rings. The van der Waals surface area contributed by atoms with Crippen molar-refractivity contribution in [2.45, 2.75) is 32.7 Å². The van der Waals surface area contributed by atoms with Crippen molar-refractivity contribution in [1.82, 2.24) is 15.3 Å². The van der Waals surface area contributed by atoms with Crippen LogP contribution in [0.25, 0.3) is 0 Å². The summed E-state index contributed by atoms with van der Waals surface area (Å²) < 4.78 is 0. The third-order valence-electron chi connectivity index (χ3n) is 2.29. The lowest BCUT2D eigenvalue weighted by Crippen LogP contribution is -2.01. The topological polar surface area (TPSA) is 37.8 Å². The van der Waals surface area contributed by atoms with Gasteiger partial charge in [0, 0.05) is 24.8 Å². The van der Waals surface area contributed by atoms with Gasteiger partial charge < -0.3 is 5.32 Å². The van der Waals surface area contributed by atoms with Gasteiger partial charge in [-0.1, -0.05) is 13.8 Å². The van der Waals surface area contributed by atoms with E-state index in [1.807, 2.05) is 18.0 Å². The molecule has 0 aliphatic carbocycles. The number of thioether (sulfide) groups is 1. The summed E-state index contributed by atoms with van der Waals surface area (Å²) in [6.45, 7) is 6.30. The van der Waals surface area contributed by atoms with Crippen LogP contribution >= 0.6 is 11.8 Å². The molecule has 1 N–H and O–H groups in total. The Morgan fingerprint density at radius 2 is 2.33 bits per heavy atom. The number of aromatic nitrogens is 2. The molecule has 0 aromatic carbocycles. The zero-order valence-corrected chi connectivity index (χ0v) is 10.1. The van der Waals surface area contributed by atoms with Gasteiger partial charge in [0.05, 0.1) is 11.4 Å². The number of hydrogen-bond donors (Lipinski definition) is 1. The third-order valence-corrected chi connectivity index (χ3v) is 3.66. The molecule has 0 amide bonds. The van der Waals surface area contributed by atoms with E-state index >= 15 is 0 Å². The molecule has 2 rings (SSSR count).